The highest BCUT2D eigenvalue weighted by Gasteiger charge is 2.33. The highest BCUT2D eigenvalue weighted by atomic mass is 79.9. The number of hydrogen-bond acceptors (Lipinski definition) is 3. The average molecular weight is 365 g/mol. The van der Waals surface area contributed by atoms with E-state index in [-0.39, 0.29) is 30.5 Å². The number of amides is 1. The van der Waals surface area contributed by atoms with Crippen LogP contribution in [0.4, 0.5) is 10.1 Å². The quantitative estimate of drug-likeness (QED) is 0.882. The molecule has 0 radical (unpaired) electrons. The molecular formula is C12H14BrFN2O3S. The monoisotopic (exact) mass is 364 g/mol. The first kappa shape index (κ1) is 15.4. The lowest BCUT2D eigenvalue weighted by molar-refractivity contribution is -0.117. The van der Waals surface area contributed by atoms with Crippen LogP contribution in [0.1, 0.15) is 12.0 Å². The van der Waals surface area contributed by atoms with Crippen LogP contribution in [0.25, 0.3) is 0 Å². The molecule has 1 aromatic carbocycles. The maximum Gasteiger partial charge on any atom is 0.227 e. The van der Waals surface area contributed by atoms with E-state index in [4.69, 9.17) is 5.14 Å². The standard InChI is InChI=1S/C12H14BrFN2O3S/c1-7-10(3-2-9(13)12(7)14)16-5-8(4-11(16)17)6-20(15,18)19/h2-3,8H,4-6H2,1H3,(H2,15,18,19). The molecule has 0 aliphatic carbocycles. The van der Waals surface area contributed by atoms with Crippen molar-refractivity contribution in [2.45, 2.75) is 13.3 Å². The van der Waals surface area contributed by atoms with Crippen molar-refractivity contribution in [3.63, 3.8) is 0 Å². The highest BCUT2D eigenvalue weighted by Crippen LogP contribution is 2.32. The molecule has 0 saturated carbocycles. The van der Waals surface area contributed by atoms with Crippen molar-refractivity contribution in [1.82, 2.24) is 0 Å². The van der Waals surface area contributed by atoms with E-state index in [1.807, 2.05) is 0 Å². The summed E-state index contributed by atoms with van der Waals surface area (Å²) in [6.07, 6.45) is 0.105. The number of anilines is 1. The van der Waals surface area contributed by atoms with Crippen LogP contribution >= 0.6 is 15.9 Å². The summed E-state index contributed by atoms with van der Waals surface area (Å²) in [5.74, 6) is -1.25. The molecule has 20 heavy (non-hydrogen) atoms. The van der Waals surface area contributed by atoms with E-state index in [9.17, 15) is 17.6 Å². The van der Waals surface area contributed by atoms with Crippen molar-refractivity contribution in [3.05, 3.63) is 28.0 Å². The van der Waals surface area contributed by atoms with E-state index in [0.717, 1.165) is 0 Å². The third-order valence-corrected chi connectivity index (χ3v) is 4.82. The predicted octanol–water partition coefficient (Wildman–Crippen LogP) is 1.54. The first-order valence-corrected chi connectivity index (χ1v) is 8.45. The summed E-state index contributed by atoms with van der Waals surface area (Å²) < 4.78 is 36.3. The van der Waals surface area contributed by atoms with Gasteiger partial charge in [-0.05, 0) is 35.0 Å². The Bertz CT molecular complexity index is 663. The molecule has 1 fully saturated rings. The van der Waals surface area contributed by atoms with Gasteiger partial charge in [0.1, 0.15) is 5.82 Å². The fraction of sp³-hybridized carbons (Fsp3) is 0.417. The topological polar surface area (TPSA) is 80.5 Å². The summed E-state index contributed by atoms with van der Waals surface area (Å²) in [5.41, 5.74) is 0.816. The van der Waals surface area contributed by atoms with E-state index in [1.165, 1.54) is 11.0 Å². The minimum absolute atomic E-state index is 0.105. The molecule has 1 heterocycles. The van der Waals surface area contributed by atoms with Crippen molar-refractivity contribution in [3.8, 4) is 0 Å². The van der Waals surface area contributed by atoms with E-state index >= 15 is 0 Å². The summed E-state index contributed by atoms with van der Waals surface area (Å²) in [6, 6.07) is 3.16. The van der Waals surface area contributed by atoms with Crippen LogP contribution in [0.15, 0.2) is 16.6 Å². The molecule has 1 unspecified atom stereocenters. The van der Waals surface area contributed by atoms with Gasteiger partial charge >= 0.3 is 0 Å². The van der Waals surface area contributed by atoms with E-state index < -0.39 is 15.8 Å². The molecule has 1 aliphatic heterocycles. The average Bonchev–Trinajstić information content (AvgIpc) is 2.65. The summed E-state index contributed by atoms with van der Waals surface area (Å²) in [5, 5.41) is 4.99. The Morgan fingerprint density at radius 3 is 2.75 bits per heavy atom. The smallest absolute Gasteiger partial charge is 0.227 e. The molecule has 1 saturated heterocycles. The number of sulfonamides is 1. The predicted molar refractivity (Wildman–Crippen MR) is 77.3 cm³/mol. The van der Waals surface area contributed by atoms with Crippen molar-refractivity contribution >= 4 is 37.5 Å². The van der Waals surface area contributed by atoms with Gasteiger partial charge in [0.2, 0.25) is 15.9 Å². The normalized spacial score (nSPS) is 19.7. The van der Waals surface area contributed by atoms with Crippen LogP contribution in [0, 0.1) is 18.7 Å². The van der Waals surface area contributed by atoms with Gasteiger partial charge in [0.05, 0.1) is 10.2 Å². The Balaban J connectivity index is 2.27. The Morgan fingerprint density at radius 2 is 2.15 bits per heavy atom. The van der Waals surface area contributed by atoms with Gasteiger partial charge in [0.15, 0.2) is 0 Å². The Kier molecular flexibility index (Phi) is 4.17. The fourth-order valence-corrected chi connectivity index (χ4v) is 3.70. The van der Waals surface area contributed by atoms with Crippen LogP contribution in [0.2, 0.25) is 0 Å². The lowest BCUT2D eigenvalue weighted by Gasteiger charge is -2.19. The Hall–Kier alpha value is -0.990. The molecule has 1 aliphatic rings. The molecular weight excluding hydrogens is 351 g/mol. The third kappa shape index (κ3) is 3.18. The van der Waals surface area contributed by atoms with Gasteiger partial charge in [-0.1, -0.05) is 0 Å². The lowest BCUT2D eigenvalue weighted by atomic mass is 10.1. The van der Waals surface area contributed by atoms with Gasteiger partial charge in [0.25, 0.3) is 0 Å². The number of carbonyl (C=O) groups excluding carboxylic acids is 1. The van der Waals surface area contributed by atoms with E-state index in [1.54, 1.807) is 13.0 Å². The van der Waals surface area contributed by atoms with Gasteiger partial charge in [-0.3, -0.25) is 4.79 Å². The SMILES string of the molecule is Cc1c(N2CC(CS(N)(=O)=O)CC2=O)ccc(Br)c1F. The van der Waals surface area contributed by atoms with Gasteiger partial charge in [0, 0.05) is 30.1 Å². The second-order valence-corrected chi connectivity index (χ2v) is 7.42. The van der Waals surface area contributed by atoms with Crippen molar-refractivity contribution in [1.29, 1.82) is 0 Å². The van der Waals surface area contributed by atoms with E-state index in [2.05, 4.69) is 15.9 Å². The number of benzene rings is 1. The number of nitrogens with zero attached hydrogens (tertiary/aromatic N) is 1. The summed E-state index contributed by atoms with van der Waals surface area (Å²) >= 11 is 3.08. The molecule has 2 N–H and O–H groups in total. The fourth-order valence-electron chi connectivity index (χ4n) is 2.39. The lowest BCUT2D eigenvalue weighted by Crippen LogP contribution is -2.28. The molecule has 1 aromatic rings. The first-order valence-electron chi connectivity index (χ1n) is 5.94. The van der Waals surface area contributed by atoms with Crippen LogP contribution in [-0.4, -0.2) is 26.6 Å². The Labute approximate surface area is 125 Å². The molecule has 110 valence electrons. The van der Waals surface area contributed by atoms with Crippen LogP contribution in [-0.2, 0) is 14.8 Å². The van der Waals surface area contributed by atoms with Crippen molar-refractivity contribution in [2.24, 2.45) is 11.1 Å². The number of nitrogens with two attached hydrogens (primary N) is 1. The van der Waals surface area contributed by atoms with E-state index in [0.29, 0.717) is 15.7 Å². The maximum absolute atomic E-state index is 13.8. The highest BCUT2D eigenvalue weighted by molar-refractivity contribution is 9.10. The molecule has 1 atom stereocenters. The molecule has 5 nitrogen and oxygen atoms in total. The first-order chi connectivity index (χ1) is 9.19. The Morgan fingerprint density at radius 1 is 1.50 bits per heavy atom. The van der Waals surface area contributed by atoms with Gasteiger partial charge in [-0.25, -0.2) is 17.9 Å². The zero-order valence-electron chi connectivity index (χ0n) is 10.8. The molecule has 2 rings (SSSR count). The van der Waals surface area contributed by atoms with Gasteiger partial charge < -0.3 is 4.90 Å². The minimum Gasteiger partial charge on any atom is -0.312 e. The molecule has 8 heteroatoms. The van der Waals surface area contributed by atoms with Crippen molar-refractivity contribution in [2.75, 3.05) is 17.2 Å². The number of carbonyl (C=O) groups is 1. The summed E-state index contributed by atoms with van der Waals surface area (Å²) in [7, 11) is -3.62. The molecule has 0 aromatic heterocycles. The third-order valence-electron chi connectivity index (χ3n) is 3.27. The van der Waals surface area contributed by atoms with Gasteiger partial charge in [-0.15, -0.1) is 0 Å². The van der Waals surface area contributed by atoms with Crippen LogP contribution < -0.4 is 10.0 Å². The zero-order valence-corrected chi connectivity index (χ0v) is 13.2. The number of primary sulfonamides is 1. The molecule has 1 amide bonds. The number of halogens is 2. The number of rotatable bonds is 3. The second-order valence-electron chi connectivity index (χ2n) is 4.91. The molecule has 0 bridgehead atoms. The zero-order chi connectivity index (χ0) is 15.1. The largest absolute Gasteiger partial charge is 0.312 e. The summed E-state index contributed by atoms with van der Waals surface area (Å²) in [4.78, 5) is 13.4. The van der Waals surface area contributed by atoms with Gasteiger partial charge in [-0.2, -0.15) is 0 Å². The second kappa shape index (κ2) is 5.42. The minimum atomic E-state index is -3.62. The van der Waals surface area contributed by atoms with Crippen LogP contribution in [0.5, 0.6) is 0 Å². The number of hydrogen-bond donors (Lipinski definition) is 1. The summed E-state index contributed by atoms with van der Waals surface area (Å²) in [6.45, 7) is 1.81. The maximum atomic E-state index is 13.8. The van der Waals surface area contributed by atoms with Crippen molar-refractivity contribution < 1.29 is 17.6 Å². The van der Waals surface area contributed by atoms with Crippen LogP contribution in [0.3, 0.4) is 0 Å². The molecule has 0 spiro atoms.